The molecule has 7 nitrogen and oxygen atoms in total. The van der Waals surface area contributed by atoms with Gasteiger partial charge in [-0.25, -0.2) is 8.42 Å². The Bertz CT molecular complexity index is 1160. The monoisotopic (exact) mass is 549 g/mol. The topological polar surface area (TPSA) is 86.8 Å². The number of benzene rings is 2. The number of carbonyl (C=O) groups is 2. The van der Waals surface area contributed by atoms with Gasteiger partial charge in [-0.05, 0) is 47.6 Å². The molecule has 0 saturated heterocycles. The van der Waals surface area contributed by atoms with Gasteiger partial charge in [0.15, 0.2) is 0 Å². The maximum absolute atomic E-state index is 13.7. The molecule has 0 aliphatic heterocycles. The Hall–Kier alpha value is -2.58. The van der Waals surface area contributed by atoms with Crippen LogP contribution in [-0.2, 0) is 31.6 Å². The molecule has 0 bridgehead atoms. The molecule has 9 heteroatoms. The minimum Gasteiger partial charge on any atom is -0.354 e. The lowest BCUT2D eigenvalue weighted by Crippen LogP contribution is -2.52. The normalized spacial score (nSPS) is 12.6. The molecule has 0 aliphatic rings. The Morgan fingerprint density at radius 1 is 1.03 bits per heavy atom. The molecule has 2 amide bonds. The third-order valence-electron chi connectivity index (χ3n) is 6.21. The number of nitrogens with one attached hydrogen (secondary N) is 1. The summed E-state index contributed by atoms with van der Waals surface area (Å²) >= 11 is 6.38. The smallest absolute Gasteiger partial charge is 0.244 e. The van der Waals surface area contributed by atoms with Crippen LogP contribution in [0.3, 0.4) is 0 Å². The third-order valence-corrected chi connectivity index (χ3v) is 7.72. The highest BCUT2D eigenvalue weighted by Gasteiger charge is 2.32. The molecular weight excluding hydrogens is 510 g/mol. The third kappa shape index (κ3) is 8.75. The van der Waals surface area contributed by atoms with Crippen molar-refractivity contribution >= 4 is 39.1 Å². The second-order valence-electron chi connectivity index (χ2n) is 10.2. The molecular formula is C28H40ClN3O4S. The molecule has 0 radical (unpaired) electrons. The average molecular weight is 550 g/mol. The Labute approximate surface area is 227 Å². The van der Waals surface area contributed by atoms with Gasteiger partial charge in [-0.1, -0.05) is 83.0 Å². The number of carbonyl (C=O) groups excluding carboxylic acids is 2. The van der Waals surface area contributed by atoms with Gasteiger partial charge in [-0.2, -0.15) is 0 Å². The molecule has 0 spiro atoms. The van der Waals surface area contributed by atoms with Crippen molar-refractivity contribution in [1.82, 2.24) is 10.2 Å². The summed E-state index contributed by atoms with van der Waals surface area (Å²) in [5, 5.41) is 3.38. The number of rotatable bonds is 12. The van der Waals surface area contributed by atoms with Crippen molar-refractivity contribution in [3.8, 4) is 0 Å². The van der Waals surface area contributed by atoms with Crippen molar-refractivity contribution in [3.05, 3.63) is 64.7 Å². The van der Waals surface area contributed by atoms with Crippen molar-refractivity contribution in [2.24, 2.45) is 0 Å². The number of halogens is 1. The number of nitrogens with zero attached hydrogens (tertiary/aromatic N) is 2. The van der Waals surface area contributed by atoms with Gasteiger partial charge in [0, 0.05) is 18.1 Å². The Kier molecular flexibility index (Phi) is 11.0. The van der Waals surface area contributed by atoms with E-state index in [-0.39, 0.29) is 17.9 Å². The molecule has 0 aliphatic carbocycles. The van der Waals surface area contributed by atoms with Gasteiger partial charge in [0.1, 0.15) is 12.6 Å². The van der Waals surface area contributed by atoms with Crippen molar-refractivity contribution < 1.29 is 18.0 Å². The summed E-state index contributed by atoms with van der Waals surface area (Å²) in [5.41, 5.74) is 2.01. The standard InChI is InChI=1S/C28H40ClN3O4S/c1-7-9-18-30-27(34)25(8-2)31(19-21-12-10-11-13-24(21)29)26(33)20-32(37(6,35)36)23-16-14-22(15-17-23)28(3,4)5/h10-17,25H,7-9,18-20H2,1-6H3,(H,30,34)/t25-/m1/s1. The predicted octanol–water partition coefficient (Wildman–Crippen LogP) is 5.13. The molecule has 2 aromatic rings. The number of hydrogen-bond acceptors (Lipinski definition) is 4. The van der Waals surface area contributed by atoms with E-state index in [0.29, 0.717) is 29.2 Å². The molecule has 204 valence electrons. The van der Waals surface area contributed by atoms with E-state index in [4.69, 9.17) is 11.6 Å². The summed E-state index contributed by atoms with van der Waals surface area (Å²) in [6.07, 6.45) is 3.20. The molecule has 0 heterocycles. The molecule has 0 saturated carbocycles. The number of anilines is 1. The van der Waals surface area contributed by atoms with Crippen LogP contribution in [0, 0.1) is 0 Å². The molecule has 0 aromatic heterocycles. The van der Waals surface area contributed by atoms with Crippen LogP contribution < -0.4 is 9.62 Å². The van der Waals surface area contributed by atoms with Gasteiger partial charge in [0.05, 0.1) is 11.9 Å². The molecule has 0 unspecified atom stereocenters. The van der Waals surface area contributed by atoms with Gasteiger partial charge >= 0.3 is 0 Å². The summed E-state index contributed by atoms with van der Waals surface area (Å²) in [5.74, 6) is -0.750. The summed E-state index contributed by atoms with van der Waals surface area (Å²) < 4.78 is 26.7. The first-order valence-corrected chi connectivity index (χ1v) is 14.9. The van der Waals surface area contributed by atoms with Gasteiger partial charge < -0.3 is 10.2 Å². The quantitative estimate of drug-likeness (QED) is 0.372. The van der Waals surface area contributed by atoms with E-state index in [1.165, 1.54) is 4.90 Å². The van der Waals surface area contributed by atoms with Crippen LogP contribution in [0.4, 0.5) is 5.69 Å². The van der Waals surface area contributed by atoms with E-state index < -0.39 is 28.5 Å². The first-order chi connectivity index (χ1) is 17.3. The van der Waals surface area contributed by atoms with E-state index in [1.54, 1.807) is 30.3 Å². The van der Waals surface area contributed by atoms with Crippen molar-refractivity contribution in [3.63, 3.8) is 0 Å². The lowest BCUT2D eigenvalue weighted by atomic mass is 9.87. The zero-order valence-electron chi connectivity index (χ0n) is 22.8. The predicted molar refractivity (Wildman–Crippen MR) is 151 cm³/mol. The molecule has 1 N–H and O–H groups in total. The molecule has 2 aromatic carbocycles. The van der Waals surface area contributed by atoms with Crippen LogP contribution in [0.2, 0.25) is 5.02 Å². The minimum atomic E-state index is -3.79. The summed E-state index contributed by atoms with van der Waals surface area (Å²) in [7, 11) is -3.79. The van der Waals surface area contributed by atoms with Gasteiger partial charge in [0.2, 0.25) is 21.8 Å². The van der Waals surface area contributed by atoms with E-state index in [1.807, 2.05) is 32.0 Å². The second kappa shape index (κ2) is 13.3. The minimum absolute atomic E-state index is 0.0821. The van der Waals surface area contributed by atoms with E-state index in [2.05, 4.69) is 26.1 Å². The van der Waals surface area contributed by atoms with Crippen molar-refractivity contribution in [1.29, 1.82) is 0 Å². The van der Waals surface area contributed by atoms with E-state index in [0.717, 1.165) is 29.0 Å². The second-order valence-corrected chi connectivity index (χ2v) is 12.6. The number of amides is 2. The average Bonchev–Trinajstić information content (AvgIpc) is 2.82. The number of unbranched alkanes of at least 4 members (excludes halogenated alkanes) is 1. The first kappa shape index (κ1) is 30.6. The van der Waals surface area contributed by atoms with Crippen LogP contribution >= 0.6 is 11.6 Å². The van der Waals surface area contributed by atoms with Crippen molar-refractivity contribution in [2.75, 3.05) is 23.7 Å². The molecule has 1 atom stereocenters. The number of sulfonamides is 1. The summed E-state index contributed by atoms with van der Waals surface area (Å²) in [6, 6.07) is 13.5. The maximum Gasteiger partial charge on any atom is 0.244 e. The summed E-state index contributed by atoms with van der Waals surface area (Å²) in [6.45, 7) is 10.2. The lowest BCUT2D eigenvalue weighted by molar-refractivity contribution is -0.140. The Balaban J connectivity index is 2.43. The van der Waals surface area contributed by atoms with Crippen LogP contribution in [0.15, 0.2) is 48.5 Å². The molecule has 0 fully saturated rings. The van der Waals surface area contributed by atoms with Gasteiger partial charge in [0.25, 0.3) is 0 Å². The first-order valence-electron chi connectivity index (χ1n) is 12.7. The van der Waals surface area contributed by atoms with Crippen molar-refractivity contribution in [2.45, 2.75) is 71.9 Å². The van der Waals surface area contributed by atoms with Crippen LogP contribution in [-0.4, -0.2) is 50.5 Å². The van der Waals surface area contributed by atoms with Crippen LogP contribution in [0.25, 0.3) is 0 Å². The Morgan fingerprint density at radius 3 is 2.16 bits per heavy atom. The zero-order valence-corrected chi connectivity index (χ0v) is 24.3. The maximum atomic E-state index is 13.7. The van der Waals surface area contributed by atoms with Gasteiger partial charge in [-0.15, -0.1) is 0 Å². The highest BCUT2D eigenvalue weighted by Crippen LogP contribution is 2.27. The summed E-state index contributed by atoms with van der Waals surface area (Å²) in [4.78, 5) is 28.3. The lowest BCUT2D eigenvalue weighted by Gasteiger charge is -2.33. The Morgan fingerprint density at radius 2 is 1.65 bits per heavy atom. The SMILES string of the molecule is CCCCNC(=O)[C@@H](CC)N(Cc1ccccc1Cl)C(=O)CN(c1ccc(C(C)(C)C)cc1)S(C)(=O)=O. The van der Waals surface area contributed by atoms with E-state index in [9.17, 15) is 18.0 Å². The molecule has 2 rings (SSSR count). The fraction of sp³-hybridized carbons (Fsp3) is 0.500. The highest BCUT2D eigenvalue weighted by atomic mass is 35.5. The fourth-order valence-corrected chi connectivity index (χ4v) is 5.02. The van der Waals surface area contributed by atoms with Crippen LogP contribution in [0.1, 0.15) is 65.0 Å². The van der Waals surface area contributed by atoms with E-state index >= 15 is 0 Å². The number of hydrogen-bond donors (Lipinski definition) is 1. The zero-order chi connectivity index (χ0) is 27.8. The van der Waals surface area contributed by atoms with Gasteiger partial charge in [-0.3, -0.25) is 13.9 Å². The largest absolute Gasteiger partial charge is 0.354 e. The van der Waals surface area contributed by atoms with Crippen LogP contribution in [0.5, 0.6) is 0 Å². The molecule has 37 heavy (non-hydrogen) atoms. The fourth-order valence-electron chi connectivity index (χ4n) is 3.98. The highest BCUT2D eigenvalue weighted by molar-refractivity contribution is 7.92.